The fraction of sp³-hybridized carbons (Fsp3) is 0.130. The number of ether oxygens (including phenoxy) is 2. The molecule has 3 rings (SSSR count). The van der Waals surface area contributed by atoms with Crippen LogP contribution in [0.5, 0.6) is 11.5 Å². The van der Waals surface area contributed by atoms with Crippen LogP contribution in [0.15, 0.2) is 65.7 Å². The first kappa shape index (κ1) is 21.5. The number of non-ortho nitro benzene ring substituents is 1. The zero-order valence-electron chi connectivity index (χ0n) is 16.9. The highest BCUT2D eigenvalue weighted by Gasteiger charge is 2.09. The van der Waals surface area contributed by atoms with E-state index in [1.807, 2.05) is 0 Å². The number of aromatic carboxylic acids is 1. The summed E-state index contributed by atoms with van der Waals surface area (Å²) in [4.78, 5) is 25.9. The van der Waals surface area contributed by atoms with Crippen molar-refractivity contribution in [3.8, 4) is 11.5 Å². The molecular weight excluding hydrogens is 400 g/mol. The van der Waals surface area contributed by atoms with Crippen molar-refractivity contribution in [3.05, 3.63) is 93.0 Å². The van der Waals surface area contributed by atoms with Gasteiger partial charge in [-0.3, -0.25) is 15.1 Å². The quantitative estimate of drug-likeness (QED) is 0.314. The van der Waals surface area contributed by atoms with E-state index in [2.05, 4.69) is 4.99 Å². The lowest BCUT2D eigenvalue weighted by Gasteiger charge is -2.11. The largest absolute Gasteiger partial charge is 0.493 e. The fourth-order valence-electron chi connectivity index (χ4n) is 2.88. The van der Waals surface area contributed by atoms with Crippen LogP contribution in [0.1, 0.15) is 27.0 Å². The van der Waals surface area contributed by atoms with Crippen molar-refractivity contribution in [2.75, 3.05) is 7.11 Å². The smallest absolute Gasteiger partial charge is 0.335 e. The minimum atomic E-state index is -0.994. The third-order valence-corrected chi connectivity index (χ3v) is 4.50. The SMILES string of the molecule is COc1cc(C=Nc2ccc([N+](=O)[O-])cc2C)ccc1OCc1cccc(C(=O)O)c1. The topological polar surface area (TPSA) is 111 Å². The van der Waals surface area contributed by atoms with Gasteiger partial charge in [0.15, 0.2) is 11.5 Å². The summed E-state index contributed by atoms with van der Waals surface area (Å²) >= 11 is 0. The molecule has 0 fully saturated rings. The number of nitro benzene ring substituents is 1. The summed E-state index contributed by atoms with van der Waals surface area (Å²) in [6, 6.07) is 16.3. The maximum atomic E-state index is 11.1. The van der Waals surface area contributed by atoms with E-state index < -0.39 is 10.9 Å². The Bertz CT molecular complexity index is 1160. The molecule has 0 aliphatic carbocycles. The minimum absolute atomic E-state index is 0.0218. The number of nitro groups is 1. The van der Waals surface area contributed by atoms with E-state index in [4.69, 9.17) is 14.6 Å². The van der Waals surface area contributed by atoms with Crippen LogP contribution in [-0.2, 0) is 6.61 Å². The Hall–Kier alpha value is -4.20. The first-order valence-corrected chi connectivity index (χ1v) is 9.29. The zero-order valence-corrected chi connectivity index (χ0v) is 16.9. The Morgan fingerprint density at radius 1 is 1.13 bits per heavy atom. The molecule has 0 aliphatic rings. The number of carboxylic acids is 1. The summed E-state index contributed by atoms with van der Waals surface area (Å²) in [6.45, 7) is 1.95. The zero-order chi connectivity index (χ0) is 22.4. The molecule has 0 saturated heterocycles. The second-order valence-electron chi connectivity index (χ2n) is 6.69. The average Bonchev–Trinajstić information content (AvgIpc) is 2.77. The fourth-order valence-corrected chi connectivity index (χ4v) is 2.88. The van der Waals surface area contributed by atoms with Gasteiger partial charge in [0, 0.05) is 18.3 Å². The Kier molecular flexibility index (Phi) is 6.61. The molecule has 1 N–H and O–H groups in total. The molecule has 8 heteroatoms. The first-order valence-electron chi connectivity index (χ1n) is 9.29. The highest BCUT2D eigenvalue weighted by molar-refractivity contribution is 5.87. The van der Waals surface area contributed by atoms with Crippen LogP contribution < -0.4 is 9.47 Å². The molecule has 0 aliphatic heterocycles. The maximum Gasteiger partial charge on any atom is 0.335 e. The minimum Gasteiger partial charge on any atom is -0.493 e. The summed E-state index contributed by atoms with van der Waals surface area (Å²) in [6.07, 6.45) is 1.64. The number of aryl methyl sites for hydroxylation is 1. The van der Waals surface area contributed by atoms with Gasteiger partial charge in [-0.2, -0.15) is 0 Å². The third kappa shape index (κ3) is 5.45. The molecule has 0 heterocycles. The summed E-state index contributed by atoms with van der Waals surface area (Å²) in [5, 5.41) is 19.9. The van der Waals surface area contributed by atoms with E-state index in [9.17, 15) is 14.9 Å². The highest BCUT2D eigenvalue weighted by Crippen LogP contribution is 2.29. The van der Waals surface area contributed by atoms with Gasteiger partial charge in [-0.25, -0.2) is 4.79 Å². The molecular formula is C23H20N2O6. The van der Waals surface area contributed by atoms with Gasteiger partial charge in [0.25, 0.3) is 5.69 Å². The van der Waals surface area contributed by atoms with E-state index in [0.717, 1.165) is 11.1 Å². The molecule has 0 radical (unpaired) electrons. The molecule has 8 nitrogen and oxygen atoms in total. The number of benzene rings is 3. The predicted molar refractivity (Wildman–Crippen MR) is 116 cm³/mol. The van der Waals surface area contributed by atoms with Crippen molar-refractivity contribution in [2.45, 2.75) is 13.5 Å². The van der Waals surface area contributed by atoms with Crippen LogP contribution in [-0.4, -0.2) is 29.3 Å². The summed E-state index contributed by atoms with van der Waals surface area (Å²) in [5.74, 6) is 0.0111. The molecule has 3 aromatic carbocycles. The van der Waals surface area contributed by atoms with E-state index in [1.165, 1.54) is 25.3 Å². The highest BCUT2D eigenvalue weighted by atomic mass is 16.6. The molecule has 158 valence electrons. The number of carboxylic acid groups (broad SMARTS) is 1. The average molecular weight is 420 g/mol. The van der Waals surface area contributed by atoms with Gasteiger partial charge >= 0.3 is 5.97 Å². The molecule has 0 atom stereocenters. The number of methoxy groups -OCH3 is 1. The summed E-state index contributed by atoms with van der Waals surface area (Å²) in [7, 11) is 1.52. The van der Waals surface area contributed by atoms with Gasteiger partial charge in [0.1, 0.15) is 6.61 Å². The van der Waals surface area contributed by atoms with Crippen LogP contribution in [0.25, 0.3) is 0 Å². The number of nitrogens with zero attached hydrogens (tertiary/aromatic N) is 2. The van der Waals surface area contributed by atoms with E-state index in [0.29, 0.717) is 22.7 Å². The molecule has 0 spiro atoms. The van der Waals surface area contributed by atoms with Gasteiger partial charge in [-0.1, -0.05) is 12.1 Å². The Morgan fingerprint density at radius 3 is 2.61 bits per heavy atom. The Balaban J connectivity index is 1.74. The van der Waals surface area contributed by atoms with Crippen LogP contribution in [0.4, 0.5) is 11.4 Å². The van der Waals surface area contributed by atoms with Crippen LogP contribution in [0.3, 0.4) is 0 Å². The van der Waals surface area contributed by atoms with E-state index in [1.54, 1.807) is 55.6 Å². The van der Waals surface area contributed by atoms with Gasteiger partial charge in [0.2, 0.25) is 0 Å². The van der Waals surface area contributed by atoms with E-state index in [-0.39, 0.29) is 17.9 Å². The molecule has 0 bridgehead atoms. The second-order valence-corrected chi connectivity index (χ2v) is 6.69. The van der Waals surface area contributed by atoms with Crippen molar-refractivity contribution in [2.24, 2.45) is 4.99 Å². The number of hydrogen-bond donors (Lipinski definition) is 1. The van der Waals surface area contributed by atoms with Crippen molar-refractivity contribution in [1.82, 2.24) is 0 Å². The van der Waals surface area contributed by atoms with Gasteiger partial charge in [-0.15, -0.1) is 0 Å². The van der Waals surface area contributed by atoms with Crippen LogP contribution in [0.2, 0.25) is 0 Å². The molecule has 0 amide bonds. The van der Waals surface area contributed by atoms with Crippen molar-refractivity contribution >= 4 is 23.6 Å². The van der Waals surface area contributed by atoms with Gasteiger partial charge in [-0.05, 0) is 60.0 Å². The van der Waals surface area contributed by atoms with Crippen molar-refractivity contribution < 1.29 is 24.3 Å². The monoisotopic (exact) mass is 420 g/mol. The third-order valence-electron chi connectivity index (χ3n) is 4.50. The van der Waals surface area contributed by atoms with Gasteiger partial charge in [0.05, 0.1) is 23.3 Å². The molecule has 0 aromatic heterocycles. The lowest BCUT2D eigenvalue weighted by atomic mass is 10.1. The predicted octanol–water partition coefficient (Wildman–Crippen LogP) is 4.94. The Morgan fingerprint density at radius 2 is 1.94 bits per heavy atom. The summed E-state index contributed by atoms with van der Waals surface area (Å²) < 4.78 is 11.2. The standard InChI is InChI=1S/C23H20N2O6/c1-15-10-19(25(28)29)7-8-20(15)24-13-16-6-9-21(22(12-16)30-2)31-14-17-4-3-5-18(11-17)23(26)27/h3-13H,14H2,1-2H3,(H,26,27). The molecule has 0 unspecified atom stereocenters. The second kappa shape index (κ2) is 9.53. The number of carbonyl (C=O) groups is 1. The lowest BCUT2D eigenvalue weighted by molar-refractivity contribution is -0.384. The normalized spacial score (nSPS) is 10.8. The molecule has 3 aromatic rings. The van der Waals surface area contributed by atoms with Crippen LogP contribution in [0, 0.1) is 17.0 Å². The maximum absolute atomic E-state index is 11.1. The number of hydrogen-bond acceptors (Lipinski definition) is 6. The summed E-state index contributed by atoms with van der Waals surface area (Å²) in [5.41, 5.74) is 3.02. The van der Waals surface area contributed by atoms with E-state index >= 15 is 0 Å². The number of rotatable bonds is 8. The first-order chi connectivity index (χ1) is 14.9. The Labute approximate surface area is 178 Å². The van der Waals surface area contributed by atoms with Crippen molar-refractivity contribution in [3.63, 3.8) is 0 Å². The van der Waals surface area contributed by atoms with Crippen molar-refractivity contribution in [1.29, 1.82) is 0 Å². The lowest BCUT2D eigenvalue weighted by Crippen LogP contribution is -2.01. The van der Waals surface area contributed by atoms with Crippen LogP contribution >= 0.6 is 0 Å². The molecule has 31 heavy (non-hydrogen) atoms. The van der Waals surface area contributed by atoms with Gasteiger partial charge < -0.3 is 14.6 Å². The molecule has 0 saturated carbocycles. The number of aliphatic imine (C=N–C) groups is 1.